The van der Waals surface area contributed by atoms with Gasteiger partial charge < -0.3 is 10.2 Å². The third kappa shape index (κ3) is 7.06. The third-order valence-corrected chi connectivity index (χ3v) is 7.52. The molecule has 10 heteroatoms. The number of halogens is 2. The molecule has 8 nitrogen and oxygen atoms in total. The summed E-state index contributed by atoms with van der Waals surface area (Å²) < 4.78 is 0. The van der Waals surface area contributed by atoms with Crippen LogP contribution in [0.5, 0.6) is 0 Å². The number of hydrogen-bond donors (Lipinski definition) is 1. The topological polar surface area (TPSA) is 110 Å². The number of nitrogens with zero attached hydrogens (tertiary/aromatic N) is 2. The molecule has 0 bridgehead atoms. The van der Waals surface area contributed by atoms with Crippen LogP contribution < -0.4 is 5.32 Å². The number of amides is 2. The smallest absolute Gasteiger partial charge is 0.282 e. The van der Waals surface area contributed by atoms with Gasteiger partial charge in [0, 0.05) is 27.7 Å². The number of aryl methyl sites for hydroxylation is 1. The normalized spacial score (nSPS) is 14.3. The molecular weight excluding hydrogens is 553 g/mol. The lowest BCUT2D eigenvalue weighted by molar-refractivity contribution is -0.385. The van der Waals surface area contributed by atoms with Gasteiger partial charge in [0.25, 0.3) is 11.6 Å². The number of nitro groups is 1. The molecule has 0 heterocycles. The minimum absolute atomic E-state index is 0.0707. The molecule has 0 radical (unpaired) electrons. The Bertz CT molecular complexity index is 1400. The highest BCUT2D eigenvalue weighted by Crippen LogP contribution is 2.30. The van der Waals surface area contributed by atoms with E-state index in [1.165, 1.54) is 24.3 Å². The van der Waals surface area contributed by atoms with E-state index in [-0.39, 0.29) is 22.2 Å². The van der Waals surface area contributed by atoms with Crippen LogP contribution in [-0.4, -0.2) is 40.0 Å². The van der Waals surface area contributed by atoms with E-state index in [1.54, 1.807) is 24.3 Å². The molecule has 1 fully saturated rings. The fourth-order valence-electron chi connectivity index (χ4n) is 4.90. The molecule has 3 aromatic rings. The van der Waals surface area contributed by atoms with Crippen molar-refractivity contribution in [2.45, 2.75) is 51.1 Å². The second-order valence-electron chi connectivity index (χ2n) is 9.94. The van der Waals surface area contributed by atoms with Gasteiger partial charge in [0.15, 0.2) is 5.78 Å². The summed E-state index contributed by atoms with van der Waals surface area (Å²) in [6.45, 7) is 1.38. The van der Waals surface area contributed by atoms with Gasteiger partial charge in [-0.1, -0.05) is 72.3 Å². The van der Waals surface area contributed by atoms with Crippen LogP contribution in [0.3, 0.4) is 0 Å². The summed E-state index contributed by atoms with van der Waals surface area (Å²) in [4.78, 5) is 53.8. The predicted octanol–water partition coefficient (Wildman–Crippen LogP) is 6.73. The quantitative estimate of drug-likeness (QED) is 0.171. The van der Waals surface area contributed by atoms with Crippen molar-refractivity contribution < 1.29 is 19.3 Å². The first kappa shape index (κ1) is 29.2. The minimum atomic E-state index is -1.23. The van der Waals surface area contributed by atoms with Crippen LogP contribution in [-0.2, 0) is 4.79 Å². The first-order chi connectivity index (χ1) is 19.1. The lowest BCUT2D eigenvalue weighted by Gasteiger charge is -2.33. The lowest BCUT2D eigenvalue weighted by atomic mass is 9.94. The van der Waals surface area contributed by atoms with E-state index in [2.05, 4.69) is 5.32 Å². The molecule has 1 atom stereocenters. The zero-order valence-electron chi connectivity index (χ0n) is 21.9. The average molecular weight is 582 g/mol. The highest BCUT2D eigenvalue weighted by molar-refractivity contribution is 6.31. The molecule has 0 spiro atoms. The van der Waals surface area contributed by atoms with Crippen LogP contribution >= 0.6 is 23.2 Å². The Balaban J connectivity index is 1.82. The number of carbonyl (C=O) groups excluding carboxylic acids is 3. The van der Waals surface area contributed by atoms with Gasteiger partial charge in [-0.25, -0.2) is 0 Å². The van der Waals surface area contributed by atoms with Crippen molar-refractivity contribution in [2.24, 2.45) is 0 Å². The highest BCUT2D eigenvalue weighted by atomic mass is 35.5. The monoisotopic (exact) mass is 581 g/mol. The molecule has 1 saturated carbocycles. The first-order valence-corrected chi connectivity index (χ1v) is 13.8. The Kier molecular flexibility index (Phi) is 9.55. The van der Waals surface area contributed by atoms with E-state index in [9.17, 15) is 24.5 Å². The molecule has 3 aromatic carbocycles. The molecule has 1 N–H and O–H groups in total. The molecule has 0 aromatic heterocycles. The SMILES string of the molecule is Cc1ccc(C(C(=O)NC2CCCCC2)N(CC(=O)c2ccc(Cl)cc2)C(=O)c2cc(Cl)ccc2[N+](=O)[O-])cc1. The van der Waals surface area contributed by atoms with Crippen LogP contribution in [0, 0.1) is 17.0 Å². The second kappa shape index (κ2) is 13.1. The number of benzene rings is 3. The van der Waals surface area contributed by atoms with E-state index < -0.39 is 40.8 Å². The fraction of sp³-hybridized carbons (Fsp3) is 0.300. The predicted molar refractivity (Wildman–Crippen MR) is 154 cm³/mol. The van der Waals surface area contributed by atoms with Gasteiger partial charge in [-0.15, -0.1) is 0 Å². The molecule has 1 aliphatic carbocycles. The highest BCUT2D eigenvalue weighted by Gasteiger charge is 2.37. The molecule has 40 heavy (non-hydrogen) atoms. The van der Waals surface area contributed by atoms with E-state index in [1.807, 2.05) is 19.1 Å². The summed E-state index contributed by atoms with van der Waals surface area (Å²) in [6.07, 6.45) is 4.67. The number of carbonyl (C=O) groups is 3. The maximum Gasteiger partial charge on any atom is 0.282 e. The van der Waals surface area contributed by atoms with Gasteiger partial charge in [-0.05, 0) is 61.7 Å². The number of rotatable bonds is 9. The van der Waals surface area contributed by atoms with Crippen LogP contribution in [0.4, 0.5) is 5.69 Å². The van der Waals surface area contributed by atoms with Crippen molar-refractivity contribution in [1.82, 2.24) is 10.2 Å². The van der Waals surface area contributed by atoms with E-state index in [0.29, 0.717) is 10.6 Å². The van der Waals surface area contributed by atoms with Gasteiger partial charge in [0.05, 0.1) is 11.5 Å². The Morgan fingerprint density at radius 2 is 1.57 bits per heavy atom. The van der Waals surface area contributed by atoms with Crippen molar-refractivity contribution >= 4 is 46.5 Å². The van der Waals surface area contributed by atoms with Crippen molar-refractivity contribution in [3.05, 3.63) is 109 Å². The van der Waals surface area contributed by atoms with Crippen molar-refractivity contribution in [1.29, 1.82) is 0 Å². The first-order valence-electron chi connectivity index (χ1n) is 13.0. The molecule has 0 saturated heterocycles. The average Bonchev–Trinajstić information content (AvgIpc) is 2.94. The molecule has 208 valence electrons. The molecule has 2 amide bonds. The lowest BCUT2D eigenvalue weighted by Crippen LogP contribution is -2.48. The van der Waals surface area contributed by atoms with Crippen LogP contribution in [0.2, 0.25) is 10.0 Å². The number of ketones is 1. The number of Topliss-reactive ketones (excluding diaryl/α,β-unsaturated/α-hetero) is 1. The summed E-state index contributed by atoms with van der Waals surface area (Å²) >= 11 is 12.1. The van der Waals surface area contributed by atoms with Crippen molar-refractivity contribution in [2.75, 3.05) is 6.54 Å². The molecular formula is C30H29Cl2N3O5. The summed E-state index contributed by atoms with van der Waals surface area (Å²) in [5.41, 5.74) is 0.896. The van der Waals surface area contributed by atoms with E-state index in [4.69, 9.17) is 23.2 Å². The Labute approximate surface area is 242 Å². The molecule has 4 rings (SSSR count). The minimum Gasteiger partial charge on any atom is -0.351 e. The number of hydrogen-bond acceptors (Lipinski definition) is 5. The molecule has 1 unspecified atom stereocenters. The zero-order valence-corrected chi connectivity index (χ0v) is 23.5. The Hall–Kier alpha value is -3.75. The maximum absolute atomic E-state index is 14.1. The summed E-state index contributed by atoms with van der Waals surface area (Å²) in [5, 5.41) is 15.5. The zero-order chi connectivity index (χ0) is 28.8. The van der Waals surface area contributed by atoms with Crippen LogP contribution in [0.1, 0.15) is 70.0 Å². The van der Waals surface area contributed by atoms with Crippen molar-refractivity contribution in [3.8, 4) is 0 Å². The summed E-state index contributed by atoms with van der Waals surface area (Å²) in [5.74, 6) is -1.78. The molecule has 0 aliphatic heterocycles. The fourth-order valence-corrected chi connectivity index (χ4v) is 5.20. The maximum atomic E-state index is 14.1. The van der Waals surface area contributed by atoms with Gasteiger partial charge >= 0.3 is 0 Å². The Morgan fingerprint density at radius 3 is 2.20 bits per heavy atom. The molecule has 1 aliphatic rings. The standard InChI is InChI=1S/C30H29Cl2N3O5/c1-19-7-9-21(10-8-19)28(29(37)33-24-5-3-2-4-6-24)34(18-27(36)20-11-13-22(31)14-12-20)30(38)25-17-23(32)15-16-26(25)35(39)40/h7-17,24,28H,2-6,18H2,1H3,(H,33,37). The van der Waals surface area contributed by atoms with Crippen molar-refractivity contribution in [3.63, 3.8) is 0 Å². The third-order valence-electron chi connectivity index (χ3n) is 7.03. The van der Waals surface area contributed by atoms with E-state index >= 15 is 0 Å². The second-order valence-corrected chi connectivity index (χ2v) is 10.8. The van der Waals surface area contributed by atoms with E-state index in [0.717, 1.165) is 48.6 Å². The van der Waals surface area contributed by atoms with Crippen LogP contribution in [0.25, 0.3) is 0 Å². The Morgan fingerprint density at radius 1 is 0.950 bits per heavy atom. The van der Waals surface area contributed by atoms with Crippen LogP contribution in [0.15, 0.2) is 66.7 Å². The summed E-state index contributed by atoms with van der Waals surface area (Å²) in [7, 11) is 0. The van der Waals surface area contributed by atoms with Gasteiger partial charge in [-0.3, -0.25) is 24.5 Å². The van der Waals surface area contributed by atoms with Gasteiger partial charge in [0.2, 0.25) is 5.91 Å². The largest absolute Gasteiger partial charge is 0.351 e. The van der Waals surface area contributed by atoms with Gasteiger partial charge in [-0.2, -0.15) is 0 Å². The summed E-state index contributed by atoms with van der Waals surface area (Å²) in [6, 6.07) is 15.5. The van der Waals surface area contributed by atoms with Gasteiger partial charge in [0.1, 0.15) is 11.6 Å². The number of nitro benzene ring substituents is 1. The number of nitrogens with one attached hydrogen (secondary N) is 1.